The van der Waals surface area contributed by atoms with E-state index in [4.69, 9.17) is 5.26 Å². The maximum absolute atomic E-state index is 12.6. The van der Waals surface area contributed by atoms with E-state index in [1.165, 1.54) is 0 Å². The quantitative estimate of drug-likeness (QED) is 0.744. The number of rotatable bonds is 1. The summed E-state index contributed by atoms with van der Waals surface area (Å²) in [7, 11) is 0. The smallest absolute Gasteiger partial charge is 0.199 e. The summed E-state index contributed by atoms with van der Waals surface area (Å²) in [6.45, 7) is 0. The van der Waals surface area contributed by atoms with Crippen LogP contribution < -0.4 is 0 Å². The van der Waals surface area contributed by atoms with Crippen LogP contribution in [0.5, 0.6) is 0 Å². The van der Waals surface area contributed by atoms with Crippen molar-refractivity contribution in [3.63, 3.8) is 0 Å². The average molecular weight is 291 g/mol. The van der Waals surface area contributed by atoms with Gasteiger partial charge in [-0.3, -0.25) is 4.79 Å². The minimum Gasteiger partial charge on any atom is -0.288 e. The van der Waals surface area contributed by atoms with Crippen molar-refractivity contribution < 1.29 is 4.79 Å². The Hall–Kier alpha value is -2.31. The first-order valence-electron chi connectivity index (χ1n) is 6.75. The number of Topliss-reactive ketones (excluding diaryl/α,β-unsaturated/α-hetero) is 1. The second-order valence-electron chi connectivity index (χ2n) is 4.83. The van der Waals surface area contributed by atoms with Crippen LogP contribution in [-0.2, 0) is 6.42 Å². The maximum Gasteiger partial charge on any atom is 0.199 e. The van der Waals surface area contributed by atoms with E-state index >= 15 is 0 Å². The normalized spacial score (nSPS) is 16.1. The Morgan fingerprint density at radius 1 is 1.10 bits per heavy atom. The predicted octanol–water partition coefficient (Wildman–Crippen LogP) is 4.07. The van der Waals surface area contributed by atoms with Gasteiger partial charge in [0, 0.05) is 11.3 Å². The number of ketones is 1. The molecule has 0 fully saturated rings. The molecule has 1 heterocycles. The first kappa shape index (κ1) is 13.7. The summed E-state index contributed by atoms with van der Waals surface area (Å²) in [6.07, 6.45) is 2.83. The number of thioether (sulfide) groups is 1. The number of allylic oxidation sites excluding steroid dienone is 1. The van der Waals surface area contributed by atoms with E-state index in [9.17, 15) is 4.79 Å². The zero-order valence-electron chi connectivity index (χ0n) is 11.4. The van der Waals surface area contributed by atoms with E-state index in [-0.39, 0.29) is 5.78 Å². The number of hydrogen-bond donors (Lipinski definition) is 0. The summed E-state index contributed by atoms with van der Waals surface area (Å²) < 4.78 is 0. The monoisotopic (exact) mass is 291 g/mol. The van der Waals surface area contributed by atoms with Crippen LogP contribution in [0.3, 0.4) is 0 Å². The zero-order chi connectivity index (χ0) is 14.7. The molecule has 0 bridgehead atoms. The molecular weight excluding hydrogens is 278 g/mol. The molecule has 2 nitrogen and oxygen atoms in total. The summed E-state index contributed by atoms with van der Waals surface area (Å²) in [4.78, 5) is 13.4. The predicted molar refractivity (Wildman–Crippen MR) is 86.1 cm³/mol. The van der Waals surface area contributed by atoms with Gasteiger partial charge in [-0.15, -0.1) is 11.8 Å². The first-order valence-corrected chi connectivity index (χ1v) is 7.74. The Morgan fingerprint density at radius 3 is 2.62 bits per heavy atom. The van der Waals surface area contributed by atoms with Gasteiger partial charge in [0.1, 0.15) is 0 Å². The Labute approximate surface area is 128 Å². The van der Waals surface area contributed by atoms with Crippen LogP contribution in [0.15, 0.2) is 53.4 Å². The second-order valence-corrected chi connectivity index (χ2v) is 5.96. The fourth-order valence-corrected chi connectivity index (χ4v) is 3.34. The molecule has 2 aromatic carbocycles. The highest BCUT2D eigenvalue weighted by Gasteiger charge is 2.19. The summed E-state index contributed by atoms with van der Waals surface area (Å²) >= 11 is 1.60. The third-order valence-electron chi connectivity index (χ3n) is 3.45. The first-order chi connectivity index (χ1) is 10.3. The standard InChI is InChI=1S/C18H13NOS/c19-12-14-7-5-13(6-8-14)11-17-18(20)16-4-2-1-3-15(16)9-10-21-17/h1-8,11H,9-10H2/b17-11-. The molecule has 0 atom stereocenters. The summed E-state index contributed by atoms with van der Waals surface area (Å²) in [5.41, 5.74) is 3.51. The van der Waals surface area contributed by atoms with Crippen molar-refractivity contribution in [2.24, 2.45) is 0 Å². The van der Waals surface area contributed by atoms with Crippen LogP contribution in [0, 0.1) is 11.3 Å². The number of aryl methyl sites for hydroxylation is 1. The van der Waals surface area contributed by atoms with Crippen molar-refractivity contribution >= 4 is 23.6 Å². The van der Waals surface area contributed by atoms with Crippen LogP contribution in [0.4, 0.5) is 0 Å². The second kappa shape index (κ2) is 5.99. The highest BCUT2D eigenvalue weighted by atomic mass is 32.2. The molecule has 2 aromatic rings. The number of fused-ring (bicyclic) bond motifs is 1. The van der Waals surface area contributed by atoms with Gasteiger partial charge in [-0.25, -0.2) is 0 Å². The van der Waals surface area contributed by atoms with E-state index in [1.54, 1.807) is 23.9 Å². The summed E-state index contributed by atoms with van der Waals surface area (Å²) in [5.74, 6) is 1.00. The molecule has 3 rings (SSSR count). The van der Waals surface area contributed by atoms with Gasteiger partial charge in [0.25, 0.3) is 0 Å². The Kier molecular flexibility index (Phi) is 3.89. The molecule has 0 spiro atoms. The van der Waals surface area contributed by atoms with Gasteiger partial charge in [-0.05, 0) is 35.8 Å². The van der Waals surface area contributed by atoms with Gasteiger partial charge in [0.05, 0.1) is 16.5 Å². The van der Waals surface area contributed by atoms with Gasteiger partial charge in [-0.2, -0.15) is 5.26 Å². The maximum atomic E-state index is 12.6. The summed E-state index contributed by atoms with van der Waals surface area (Å²) in [5, 5.41) is 8.81. The number of benzene rings is 2. The van der Waals surface area contributed by atoms with Crippen LogP contribution in [0.1, 0.15) is 27.0 Å². The number of nitrogens with zero attached hydrogens (tertiary/aromatic N) is 1. The number of hydrogen-bond acceptors (Lipinski definition) is 3. The van der Waals surface area contributed by atoms with Crippen molar-refractivity contribution in [3.05, 3.63) is 75.7 Å². The van der Waals surface area contributed by atoms with Crippen molar-refractivity contribution in [2.75, 3.05) is 5.75 Å². The zero-order valence-corrected chi connectivity index (χ0v) is 12.2. The molecule has 0 amide bonds. The molecule has 21 heavy (non-hydrogen) atoms. The van der Waals surface area contributed by atoms with Crippen molar-refractivity contribution in [1.82, 2.24) is 0 Å². The summed E-state index contributed by atoms with van der Waals surface area (Å²) in [6, 6.07) is 17.2. The highest BCUT2D eigenvalue weighted by Crippen LogP contribution is 2.30. The van der Waals surface area contributed by atoms with Gasteiger partial charge in [-0.1, -0.05) is 36.4 Å². The molecule has 0 aliphatic carbocycles. The molecule has 1 aliphatic heterocycles. The van der Waals surface area contributed by atoms with E-state index in [0.717, 1.165) is 33.8 Å². The molecule has 0 saturated heterocycles. The molecule has 3 heteroatoms. The lowest BCUT2D eigenvalue weighted by Gasteiger charge is -2.04. The molecule has 102 valence electrons. The number of carbonyl (C=O) groups excluding carboxylic acids is 1. The van der Waals surface area contributed by atoms with Crippen molar-refractivity contribution in [1.29, 1.82) is 5.26 Å². The Morgan fingerprint density at radius 2 is 1.86 bits per heavy atom. The van der Waals surface area contributed by atoms with E-state index < -0.39 is 0 Å². The lowest BCUT2D eigenvalue weighted by molar-refractivity contribution is 0.104. The van der Waals surface area contributed by atoms with Crippen LogP contribution in [-0.4, -0.2) is 11.5 Å². The minimum absolute atomic E-state index is 0.0949. The minimum atomic E-state index is 0.0949. The van der Waals surface area contributed by atoms with Crippen LogP contribution in [0.2, 0.25) is 0 Å². The SMILES string of the molecule is N#Cc1ccc(/C=C2\SCCc3ccccc3C2=O)cc1. The van der Waals surface area contributed by atoms with Crippen LogP contribution >= 0.6 is 11.8 Å². The highest BCUT2D eigenvalue weighted by molar-refractivity contribution is 8.04. The van der Waals surface area contributed by atoms with Gasteiger partial charge in [0.15, 0.2) is 5.78 Å². The van der Waals surface area contributed by atoms with Gasteiger partial charge >= 0.3 is 0 Å². The topological polar surface area (TPSA) is 40.9 Å². The molecule has 0 N–H and O–H groups in total. The lowest BCUT2D eigenvalue weighted by atomic mass is 10.0. The van der Waals surface area contributed by atoms with Gasteiger partial charge < -0.3 is 0 Å². The van der Waals surface area contributed by atoms with Crippen molar-refractivity contribution in [2.45, 2.75) is 6.42 Å². The lowest BCUT2D eigenvalue weighted by Crippen LogP contribution is -2.01. The Balaban J connectivity index is 1.96. The van der Waals surface area contributed by atoms with E-state index in [0.29, 0.717) is 5.56 Å². The third kappa shape index (κ3) is 2.91. The molecule has 1 aliphatic rings. The fourth-order valence-electron chi connectivity index (χ4n) is 2.34. The molecule has 0 unspecified atom stereocenters. The van der Waals surface area contributed by atoms with E-state index in [2.05, 4.69) is 6.07 Å². The van der Waals surface area contributed by atoms with Crippen molar-refractivity contribution in [3.8, 4) is 6.07 Å². The molecule has 0 saturated carbocycles. The molecule has 0 aromatic heterocycles. The third-order valence-corrected chi connectivity index (χ3v) is 4.47. The van der Waals surface area contributed by atoms with Gasteiger partial charge in [0.2, 0.25) is 0 Å². The number of carbonyl (C=O) groups is 1. The largest absolute Gasteiger partial charge is 0.288 e. The van der Waals surface area contributed by atoms with Crippen LogP contribution in [0.25, 0.3) is 6.08 Å². The fraction of sp³-hybridized carbons (Fsp3) is 0.111. The van der Waals surface area contributed by atoms with E-state index in [1.807, 2.05) is 42.5 Å². The molecule has 0 radical (unpaired) electrons. The average Bonchev–Trinajstić information content (AvgIpc) is 2.69. The number of nitriles is 1. The molecular formula is C18H13NOS. The Bertz CT molecular complexity index is 754.